The summed E-state index contributed by atoms with van der Waals surface area (Å²) < 4.78 is 11.4. The first-order valence-corrected chi connectivity index (χ1v) is 8.29. The predicted octanol–water partition coefficient (Wildman–Crippen LogP) is 0.628. The molecule has 0 bridgehead atoms. The molecule has 2 aliphatic rings. The molecule has 1 aromatic heterocycles. The van der Waals surface area contributed by atoms with Crippen LogP contribution in [0.3, 0.4) is 0 Å². The Hall–Kier alpha value is -2.09. The minimum absolute atomic E-state index is 0.0212. The quantitative estimate of drug-likeness (QED) is 0.852. The van der Waals surface area contributed by atoms with Gasteiger partial charge in [-0.1, -0.05) is 0 Å². The highest BCUT2D eigenvalue weighted by atomic mass is 16.5. The summed E-state index contributed by atoms with van der Waals surface area (Å²) in [4.78, 5) is 36.1. The number of rotatable bonds is 2. The summed E-state index contributed by atoms with van der Waals surface area (Å²) >= 11 is 0. The number of amides is 1. The van der Waals surface area contributed by atoms with Crippen LogP contribution in [-0.2, 0) is 4.74 Å². The Kier molecular flexibility index (Phi) is 4.25. The van der Waals surface area contributed by atoms with Crippen molar-refractivity contribution in [3.05, 3.63) is 15.9 Å². The van der Waals surface area contributed by atoms with Crippen LogP contribution in [0.25, 0.3) is 0 Å². The molecular weight excluding hydrogens is 312 g/mol. The molecule has 0 aliphatic carbocycles. The number of ether oxygens (including phenoxy) is 2. The number of aromatic amines is 1. The summed E-state index contributed by atoms with van der Waals surface area (Å²) in [6.45, 7) is 10.3. The smallest absolute Gasteiger partial charge is 0.269 e. The Bertz CT molecular complexity index is 700. The van der Waals surface area contributed by atoms with Gasteiger partial charge in [0, 0.05) is 13.1 Å². The van der Waals surface area contributed by atoms with E-state index < -0.39 is 11.2 Å². The molecule has 1 amide bonds. The van der Waals surface area contributed by atoms with Gasteiger partial charge >= 0.3 is 0 Å². The van der Waals surface area contributed by atoms with Crippen molar-refractivity contribution in [3.63, 3.8) is 0 Å². The number of fused-ring (bicyclic) bond motifs is 1. The molecule has 3 rings (SSSR count). The van der Waals surface area contributed by atoms with E-state index in [2.05, 4.69) is 9.97 Å². The molecule has 0 aromatic carbocycles. The van der Waals surface area contributed by atoms with E-state index in [0.29, 0.717) is 38.8 Å². The lowest BCUT2D eigenvalue weighted by Gasteiger charge is -2.34. The van der Waals surface area contributed by atoms with Crippen molar-refractivity contribution in [2.75, 3.05) is 37.7 Å². The number of hydrogen-bond acceptors (Lipinski definition) is 6. The SMILES string of the molecule is CCN1CC(C)(C)Oc2nc(N3CCOC[C@@H]3C)[nH]c(=O)c2C1=O. The van der Waals surface area contributed by atoms with Crippen molar-refractivity contribution < 1.29 is 14.3 Å². The Morgan fingerprint density at radius 1 is 1.38 bits per heavy atom. The fourth-order valence-electron chi connectivity index (χ4n) is 3.12. The van der Waals surface area contributed by atoms with Crippen LogP contribution in [0.5, 0.6) is 5.88 Å². The monoisotopic (exact) mass is 336 g/mol. The number of carbonyl (C=O) groups is 1. The van der Waals surface area contributed by atoms with Crippen molar-refractivity contribution >= 4 is 11.9 Å². The summed E-state index contributed by atoms with van der Waals surface area (Å²) in [5.41, 5.74) is -1.10. The van der Waals surface area contributed by atoms with E-state index in [1.54, 1.807) is 4.90 Å². The molecule has 24 heavy (non-hydrogen) atoms. The normalized spacial score (nSPS) is 23.5. The van der Waals surface area contributed by atoms with E-state index in [9.17, 15) is 9.59 Å². The van der Waals surface area contributed by atoms with Gasteiger partial charge < -0.3 is 19.3 Å². The predicted molar refractivity (Wildman–Crippen MR) is 88.8 cm³/mol. The highest BCUT2D eigenvalue weighted by Crippen LogP contribution is 2.27. The van der Waals surface area contributed by atoms with Crippen LogP contribution in [0.15, 0.2) is 4.79 Å². The second kappa shape index (κ2) is 6.08. The van der Waals surface area contributed by atoms with E-state index in [-0.39, 0.29) is 23.4 Å². The highest BCUT2D eigenvalue weighted by molar-refractivity contribution is 5.96. The number of anilines is 1. The van der Waals surface area contributed by atoms with Gasteiger partial charge in [-0.2, -0.15) is 4.98 Å². The minimum Gasteiger partial charge on any atom is -0.469 e. The largest absolute Gasteiger partial charge is 0.469 e. The van der Waals surface area contributed by atoms with Crippen molar-refractivity contribution in [2.24, 2.45) is 0 Å². The summed E-state index contributed by atoms with van der Waals surface area (Å²) in [5.74, 6) is 0.190. The van der Waals surface area contributed by atoms with Crippen LogP contribution >= 0.6 is 0 Å². The lowest BCUT2D eigenvalue weighted by Crippen LogP contribution is -2.45. The molecule has 1 aromatic rings. The van der Waals surface area contributed by atoms with Crippen LogP contribution < -0.4 is 15.2 Å². The summed E-state index contributed by atoms with van der Waals surface area (Å²) in [6.07, 6.45) is 0. The van der Waals surface area contributed by atoms with Gasteiger partial charge in [0.25, 0.3) is 11.5 Å². The molecule has 1 saturated heterocycles. The second-order valence-electron chi connectivity index (χ2n) is 6.87. The number of likely N-dealkylation sites (N-methyl/N-ethyl adjacent to an activating group) is 1. The molecule has 1 fully saturated rings. The minimum atomic E-state index is -0.619. The van der Waals surface area contributed by atoms with Crippen LogP contribution in [0, 0.1) is 0 Å². The first-order valence-electron chi connectivity index (χ1n) is 8.29. The number of nitrogens with one attached hydrogen (secondary N) is 1. The molecule has 0 spiro atoms. The van der Waals surface area contributed by atoms with Gasteiger partial charge in [-0.25, -0.2) is 0 Å². The Morgan fingerprint density at radius 3 is 2.79 bits per heavy atom. The zero-order chi connectivity index (χ0) is 17.5. The van der Waals surface area contributed by atoms with Crippen molar-refractivity contribution in [1.29, 1.82) is 0 Å². The van der Waals surface area contributed by atoms with Gasteiger partial charge in [0.2, 0.25) is 11.8 Å². The molecule has 3 heterocycles. The maximum absolute atomic E-state index is 12.7. The molecule has 1 N–H and O–H groups in total. The number of H-pyrrole nitrogens is 1. The van der Waals surface area contributed by atoms with E-state index in [1.165, 1.54) is 0 Å². The van der Waals surface area contributed by atoms with Gasteiger partial charge in [-0.05, 0) is 27.7 Å². The summed E-state index contributed by atoms with van der Waals surface area (Å²) in [6, 6.07) is 0.0848. The lowest BCUT2D eigenvalue weighted by atomic mass is 10.1. The molecular formula is C16H24N4O4. The Morgan fingerprint density at radius 2 is 2.12 bits per heavy atom. The topological polar surface area (TPSA) is 87.8 Å². The molecule has 8 heteroatoms. The fourth-order valence-corrected chi connectivity index (χ4v) is 3.12. The Labute approximate surface area is 140 Å². The molecule has 0 radical (unpaired) electrons. The lowest BCUT2D eigenvalue weighted by molar-refractivity contribution is 0.0540. The van der Waals surface area contributed by atoms with Crippen LogP contribution in [0.2, 0.25) is 0 Å². The van der Waals surface area contributed by atoms with Crippen LogP contribution in [-0.4, -0.2) is 65.3 Å². The molecule has 0 saturated carbocycles. The van der Waals surface area contributed by atoms with Crippen molar-refractivity contribution in [2.45, 2.75) is 39.3 Å². The fraction of sp³-hybridized carbons (Fsp3) is 0.688. The first-order chi connectivity index (χ1) is 11.3. The molecule has 0 unspecified atom stereocenters. The van der Waals surface area contributed by atoms with Gasteiger partial charge in [-0.3, -0.25) is 14.6 Å². The number of nitrogens with zero attached hydrogens (tertiary/aromatic N) is 3. The Balaban J connectivity index is 2.08. The number of morpholine rings is 1. The van der Waals surface area contributed by atoms with Crippen molar-refractivity contribution in [1.82, 2.24) is 14.9 Å². The molecule has 132 valence electrons. The van der Waals surface area contributed by atoms with Gasteiger partial charge in [0.05, 0.1) is 25.8 Å². The van der Waals surface area contributed by atoms with Gasteiger partial charge in [-0.15, -0.1) is 0 Å². The van der Waals surface area contributed by atoms with E-state index in [1.807, 2.05) is 32.6 Å². The summed E-state index contributed by atoms with van der Waals surface area (Å²) in [5, 5.41) is 0. The third-order valence-corrected chi connectivity index (χ3v) is 4.34. The van der Waals surface area contributed by atoms with Crippen LogP contribution in [0.4, 0.5) is 5.95 Å². The maximum atomic E-state index is 12.7. The van der Waals surface area contributed by atoms with Crippen LogP contribution in [0.1, 0.15) is 38.1 Å². The van der Waals surface area contributed by atoms with E-state index >= 15 is 0 Å². The number of carbonyl (C=O) groups excluding carboxylic acids is 1. The highest BCUT2D eigenvalue weighted by Gasteiger charge is 2.37. The zero-order valence-corrected chi connectivity index (χ0v) is 14.6. The third-order valence-electron chi connectivity index (χ3n) is 4.34. The zero-order valence-electron chi connectivity index (χ0n) is 14.6. The van der Waals surface area contributed by atoms with E-state index in [0.717, 1.165) is 0 Å². The maximum Gasteiger partial charge on any atom is 0.269 e. The summed E-state index contributed by atoms with van der Waals surface area (Å²) in [7, 11) is 0. The van der Waals surface area contributed by atoms with E-state index in [4.69, 9.17) is 9.47 Å². The molecule has 8 nitrogen and oxygen atoms in total. The first kappa shape index (κ1) is 16.8. The van der Waals surface area contributed by atoms with Gasteiger partial charge in [0.15, 0.2) is 5.56 Å². The average molecular weight is 336 g/mol. The number of aromatic nitrogens is 2. The third kappa shape index (κ3) is 2.98. The standard InChI is InChI=1S/C16H24N4O4/c1-5-19-9-16(3,4)24-13-11(14(19)22)12(21)17-15(18-13)20-6-7-23-8-10(20)2/h10H,5-9H2,1-4H3,(H,17,18,21)/t10-/m0/s1. The molecule has 2 aliphatic heterocycles. The van der Waals surface area contributed by atoms with Gasteiger partial charge in [0.1, 0.15) is 5.60 Å². The number of hydrogen-bond donors (Lipinski definition) is 1. The average Bonchev–Trinajstić information content (AvgIpc) is 2.61. The van der Waals surface area contributed by atoms with Crippen molar-refractivity contribution in [3.8, 4) is 5.88 Å². The molecule has 1 atom stereocenters. The second-order valence-corrected chi connectivity index (χ2v) is 6.87.